The maximum Gasteiger partial charge on any atom is 0.167 e. The maximum absolute atomic E-state index is 4.54. The number of aromatic nitrogens is 7. The highest BCUT2D eigenvalue weighted by Gasteiger charge is 2.15. The van der Waals surface area contributed by atoms with E-state index in [0.717, 1.165) is 46.6 Å². The maximum atomic E-state index is 4.54. The SMILES string of the molecule is CCn1nc(C)c(-c2cn(CCSc3nccn3C)nn2)c1C. The van der Waals surface area contributed by atoms with Crippen LogP contribution in [0.3, 0.4) is 0 Å². The first kappa shape index (κ1) is 15.8. The molecule has 0 aliphatic carbocycles. The van der Waals surface area contributed by atoms with E-state index in [0.29, 0.717) is 0 Å². The van der Waals surface area contributed by atoms with Crippen molar-refractivity contribution in [2.75, 3.05) is 5.75 Å². The zero-order chi connectivity index (χ0) is 16.4. The molecule has 3 rings (SSSR count). The average molecular weight is 331 g/mol. The highest BCUT2D eigenvalue weighted by atomic mass is 32.2. The first-order chi connectivity index (χ1) is 11.1. The van der Waals surface area contributed by atoms with Crippen molar-refractivity contribution in [1.82, 2.24) is 34.3 Å². The zero-order valence-corrected chi connectivity index (χ0v) is 14.7. The Balaban J connectivity index is 1.69. The predicted molar refractivity (Wildman–Crippen MR) is 90.3 cm³/mol. The Kier molecular flexibility index (Phi) is 4.51. The molecule has 0 saturated carbocycles. The van der Waals surface area contributed by atoms with Crippen LogP contribution in [0.2, 0.25) is 0 Å². The van der Waals surface area contributed by atoms with Gasteiger partial charge in [-0.3, -0.25) is 9.36 Å². The third kappa shape index (κ3) is 3.17. The Morgan fingerprint density at radius 1 is 1.26 bits per heavy atom. The fraction of sp³-hybridized carbons (Fsp3) is 0.467. The molecule has 23 heavy (non-hydrogen) atoms. The predicted octanol–water partition coefficient (Wildman–Crippen LogP) is 2.30. The molecule has 3 aromatic rings. The first-order valence-electron chi connectivity index (χ1n) is 7.64. The third-order valence-electron chi connectivity index (χ3n) is 3.80. The summed E-state index contributed by atoms with van der Waals surface area (Å²) in [5, 5.41) is 14.1. The number of hydrogen-bond acceptors (Lipinski definition) is 5. The van der Waals surface area contributed by atoms with Gasteiger partial charge in [-0.1, -0.05) is 17.0 Å². The zero-order valence-electron chi connectivity index (χ0n) is 13.9. The summed E-state index contributed by atoms with van der Waals surface area (Å²) in [7, 11) is 2.00. The average Bonchev–Trinajstić information content (AvgIpc) is 3.21. The van der Waals surface area contributed by atoms with E-state index in [2.05, 4.69) is 34.2 Å². The number of imidazole rings is 1. The van der Waals surface area contributed by atoms with Crippen LogP contribution in [-0.2, 0) is 20.1 Å². The van der Waals surface area contributed by atoms with Gasteiger partial charge in [-0.05, 0) is 20.8 Å². The van der Waals surface area contributed by atoms with E-state index in [9.17, 15) is 0 Å². The number of nitrogens with zero attached hydrogens (tertiary/aromatic N) is 7. The molecule has 7 nitrogen and oxygen atoms in total. The molecule has 3 aromatic heterocycles. The van der Waals surface area contributed by atoms with Gasteiger partial charge in [0, 0.05) is 43.0 Å². The van der Waals surface area contributed by atoms with Gasteiger partial charge in [0.2, 0.25) is 0 Å². The van der Waals surface area contributed by atoms with Gasteiger partial charge < -0.3 is 4.57 Å². The molecule has 0 spiro atoms. The molecule has 0 radical (unpaired) electrons. The van der Waals surface area contributed by atoms with Crippen LogP contribution in [0, 0.1) is 13.8 Å². The summed E-state index contributed by atoms with van der Waals surface area (Å²) in [6.07, 6.45) is 5.76. The molecule has 8 heteroatoms. The van der Waals surface area contributed by atoms with E-state index in [1.807, 2.05) is 46.5 Å². The molecule has 0 aliphatic rings. The molecule has 0 aromatic carbocycles. The second-order valence-corrected chi connectivity index (χ2v) is 6.46. The highest BCUT2D eigenvalue weighted by molar-refractivity contribution is 7.99. The van der Waals surface area contributed by atoms with Crippen molar-refractivity contribution in [1.29, 1.82) is 0 Å². The van der Waals surface area contributed by atoms with Gasteiger partial charge in [-0.2, -0.15) is 5.10 Å². The lowest BCUT2D eigenvalue weighted by Crippen LogP contribution is -2.02. The summed E-state index contributed by atoms with van der Waals surface area (Å²) in [6.45, 7) is 7.85. The number of thioether (sulfide) groups is 1. The third-order valence-corrected chi connectivity index (χ3v) is 4.84. The van der Waals surface area contributed by atoms with Gasteiger partial charge >= 0.3 is 0 Å². The smallest absolute Gasteiger partial charge is 0.167 e. The summed E-state index contributed by atoms with van der Waals surface area (Å²) in [5.41, 5.74) is 4.12. The van der Waals surface area contributed by atoms with Crippen molar-refractivity contribution >= 4 is 11.8 Å². The fourth-order valence-corrected chi connectivity index (χ4v) is 3.48. The highest BCUT2D eigenvalue weighted by Crippen LogP contribution is 2.24. The Morgan fingerprint density at radius 2 is 2.09 bits per heavy atom. The second kappa shape index (κ2) is 6.57. The molecular weight excluding hydrogens is 310 g/mol. The normalized spacial score (nSPS) is 11.3. The Hall–Kier alpha value is -2.09. The van der Waals surface area contributed by atoms with Crippen LogP contribution in [0.15, 0.2) is 23.7 Å². The Morgan fingerprint density at radius 3 is 2.74 bits per heavy atom. The van der Waals surface area contributed by atoms with Crippen molar-refractivity contribution in [2.45, 2.75) is 39.0 Å². The van der Waals surface area contributed by atoms with Crippen LogP contribution in [-0.4, -0.2) is 40.1 Å². The summed E-state index contributed by atoms with van der Waals surface area (Å²) in [5.74, 6) is 0.903. The van der Waals surface area contributed by atoms with Gasteiger partial charge in [0.25, 0.3) is 0 Å². The Bertz CT molecular complexity index is 799. The minimum absolute atomic E-state index is 0.796. The van der Waals surface area contributed by atoms with Crippen molar-refractivity contribution in [3.8, 4) is 11.3 Å². The van der Waals surface area contributed by atoms with Gasteiger partial charge in [0.15, 0.2) is 5.16 Å². The van der Waals surface area contributed by atoms with Gasteiger partial charge in [0.05, 0.1) is 18.4 Å². The summed E-state index contributed by atoms with van der Waals surface area (Å²) < 4.78 is 5.90. The van der Waals surface area contributed by atoms with E-state index in [-0.39, 0.29) is 0 Å². The molecule has 122 valence electrons. The molecule has 0 fully saturated rings. The lowest BCUT2D eigenvalue weighted by atomic mass is 10.1. The lowest BCUT2D eigenvalue weighted by Gasteiger charge is -2.01. The largest absolute Gasteiger partial charge is 0.329 e. The van der Waals surface area contributed by atoms with E-state index < -0.39 is 0 Å². The monoisotopic (exact) mass is 331 g/mol. The molecular formula is C15H21N7S. The van der Waals surface area contributed by atoms with E-state index in [4.69, 9.17) is 0 Å². The first-order valence-corrected chi connectivity index (χ1v) is 8.63. The topological polar surface area (TPSA) is 66.3 Å². The molecule has 0 amide bonds. The molecule has 0 N–H and O–H groups in total. The number of aryl methyl sites for hydroxylation is 4. The summed E-state index contributed by atoms with van der Waals surface area (Å²) >= 11 is 1.71. The molecule has 0 bridgehead atoms. The standard InChI is InChI=1S/C15H21N7S/c1-5-22-12(3)14(11(2)18-22)13-10-21(19-17-13)8-9-23-15-16-6-7-20(15)4/h6-7,10H,5,8-9H2,1-4H3. The molecule has 0 unspecified atom stereocenters. The van der Waals surface area contributed by atoms with Gasteiger partial charge in [0.1, 0.15) is 5.69 Å². The molecule has 0 saturated heterocycles. The van der Waals surface area contributed by atoms with Crippen LogP contribution in [0.1, 0.15) is 18.3 Å². The summed E-state index contributed by atoms with van der Waals surface area (Å²) in [4.78, 5) is 4.30. The van der Waals surface area contributed by atoms with Crippen molar-refractivity contribution in [2.24, 2.45) is 7.05 Å². The molecule has 3 heterocycles. The second-order valence-electron chi connectivity index (χ2n) is 5.40. The van der Waals surface area contributed by atoms with E-state index >= 15 is 0 Å². The quantitative estimate of drug-likeness (QED) is 0.649. The van der Waals surface area contributed by atoms with Crippen molar-refractivity contribution in [3.63, 3.8) is 0 Å². The molecule has 0 aliphatic heterocycles. The minimum atomic E-state index is 0.796. The van der Waals surface area contributed by atoms with Crippen LogP contribution < -0.4 is 0 Å². The van der Waals surface area contributed by atoms with Crippen molar-refractivity contribution < 1.29 is 0 Å². The van der Waals surface area contributed by atoms with Gasteiger partial charge in [-0.15, -0.1) is 5.10 Å². The van der Waals surface area contributed by atoms with Crippen LogP contribution in [0.4, 0.5) is 0 Å². The molecule has 0 atom stereocenters. The minimum Gasteiger partial charge on any atom is -0.329 e. The fourth-order valence-electron chi connectivity index (χ4n) is 2.62. The number of rotatable bonds is 6. The van der Waals surface area contributed by atoms with Crippen LogP contribution in [0.5, 0.6) is 0 Å². The van der Waals surface area contributed by atoms with Crippen molar-refractivity contribution in [3.05, 3.63) is 30.0 Å². The van der Waals surface area contributed by atoms with Crippen LogP contribution >= 0.6 is 11.8 Å². The lowest BCUT2D eigenvalue weighted by molar-refractivity contribution is 0.631. The van der Waals surface area contributed by atoms with Crippen LogP contribution in [0.25, 0.3) is 11.3 Å². The summed E-state index contributed by atoms with van der Waals surface area (Å²) in [6, 6.07) is 0. The van der Waals surface area contributed by atoms with E-state index in [1.54, 1.807) is 11.8 Å². The van der Waals surface area contributed by atoms with E-state index in [1.165, 1.54) is 0 Å². The number of hydrogen-bond donors (Lipinski definition) is 0. The van der Waals surface area contributed by atoms with Gasteiger partial charge in [-0.25, -0.2) is 4.98 Å². The Labute approximate surface area is 139 Å².